The fourth-order valence-corrected chi connectivity index (χ4v) is 3.15. The average molecular weight is 252 g/mol. The third-order valence-electron chi connectivity index (χ3n) is 4.30. The van der Waals surface area contributed by atoms with Crippen molar-refractivity contribution in [2.45, 2.75) is 32.5 Å². The lowest BCUT2D eigenvalue weighted by atomic mass is 10.0. The van der Waals surface area contributed by atoms with Gasteiger partial charge in [-0.2, -0.15) is 0 Å². The van der Waals surface area contributed by atoms with Gasteiger partial charge in [-0.25, -0.2) is 0 Å². The molecule has 0 radical (unpaired) electrons. The summed E-state index contributed by atoms with van der Waals surface area (Å²) < 4.78 is 16.4. The SMILES string of the molecule is CO[C@@H]1CN(Cc2c(C)noc2C)[C@H]2COC[C@@H]12. The molecular weight excluding hydrogens is 232 g/mol. The minimum Gasteiger partial charge on any atom is -0.380 e. The van der Waals surface area contributed by atoms with Crippen molar-refractivity contribution in [2.24, 2.45) is 5.92 Å². The molecule has 2 fully saturated rings. The first-order chi connectivity index (χ1) is 8.70. The molecule has 0 spiro atoms. The highest BCUT2D eigenvalue weighted by molar-refractivity contribution is 5.21. The van der Waals surface area contributed by atoms with Crippen LogP contribution in [0.2, 0.25) is 0 Å². The van der Waals surface area contributed by atoms with Gasteiger partial charge in [0.15, 0.2) is 0 Å². The van der Waals surface area contributed by atoms with E-state index in [1.807, 2.05) is 13.8 Å². The molecule has 3 heterocycles. The van der Waals surface area contributed by atoms with E-state index in [0.717, 1.165) is 37.8 Å². The van der Waals surface area contributed by atoms with Gasteiger partial charge >= 0.3 is 0 Å². The highest BCUT2D eigenvalue weighted by Crippen LogP contribution is 2.33. The predicted octanol–water partition coefficient (Wildman–Crippen LogP) is 1.14. The fraction of sp³-hybridized carbons (Fsp3) is 0.769. The quantitative estimate of drug-likeness (QED) is 0.807. The number of rotatable bonds is 3. The highest BCUT2D eigenvalue weighted by Gasteiger charge is 2.45. The number of aromatic nitrogens is 1. The smallest absolute Gasteiger partial charge is 0.138 e. The first-order valence-corrected chi connectivity index (χ1v) is 6.47. The summed E-state index contributed by atoms with van der Waals surface area (Å²) in [6.45, 7) is 7.46. The lowest BCUT2D eigenvalue weighted by Gasteiger charge is -2.21. The van der Waals surface area contributed by atoms with E-state index in [0.29, 0.717) is 12.0 Å². The summed E-state index contributed by atoms with van der Waals surface area (Å²) in [4.78, 5) is 2.44. The van der Waals surface area contributed by atoms with Gasteiger partial charge in [0.1, 0.15) is 5.76 Å². The first-order valence-electron chi connectivity index (χ1n) is 6.47. The van der Waals surface area contributed by atoms with Gasteiger partial charge in [0.25, 0.3) is 0 Å². The maximum Gasteiger partial charge on any atom is 0.138 e. The number of methoxy groups -OCH3 is 1. The monoisotopic (exact) mass is 252 g/mol. The zero-order valence-electron chi connectivity index (χ0n) is 11.2. The number of hydrogen-bond acceptors (Lipinski definition) is 5. The maximum absolute atomic E-state index is 5.59. The van der Waals surface area contributed by atoms with Crippen LogP contribution >= 0.6 is 0 Å². The molecule has 2 aliphatic heterocycles. The van der Waals surface area contributed by atoms with E-state index in [2.05, 4.69) is 10.1 Å². The Kier molecular flexibility index (Phi) is 3.13. The molecule has 2 saturated heterocycles. The second kappa shape index (κ2) is 4.64. The standard InChI is InChI=1S/C13H20N2O3/c1-8-10(9(2)18-14-8)4-15-5-13(16-3)11-6-17-7-12(11)15/h11-13H,4-7H2,1-3H3/t11-,12+,13-/m1/s1. The van der Waals surface area contributed by atoms with Gasteiger partial charge in [0, 0.05) is 37.7 Å². The van der Waals surface area contributed by atoms with Crippen molar-refractivity contribution in [1.82, 2.24) is 10.1 Å². The van der Waals surface area contributed by atoms with Crippen LogP contribution < -0.4 is 0 Å². The van der Waals surface area contributed by atoms with E-state index in [4.69, 9.17) is 14.0 Å². The van der Waals surface area contributed by atoms with E-state index >= 15 is 0 Å². The summed E-state index contributed by atoms with van der Waals surface area (Å²) in [6, 6.07) is 0.476. The van der Waals surface area contributed by atoms with Crippen LogP contribution in [0.4, 0.5) is 0 Å². The van der Waals surface area contributed by atoms with E-state index in [9.17, 15) is 0 Å². The number of hydrogen-bond donors (Lipinski definition) is 0. The minimum absolute atomic E-state index is 0.290. The summed E-state index contributed by atoms with van der Waals surface area (Å²) >= 11 is 0. The van der Waals surface area contributed by atoms with Crippen molar-refractivity contribution in [2.75, 3.05) is 26.9 Å². The summed E-state index contributed by atoms with van der Waals surface area (Å²) in [5.41, 5.74) is 2.20. The molecule has 0 bridgehead atoms. The van der Waals surface area contributed by atoms with Crippen LogP contribution in [0.25, 0.3) is 0 Å². The van der Waals surface area contributed by atoms with E-state index in [-0.39, 0.29) is 6.10 Å². The lowest BCUT2D eigenvalue weighted by Crippen LogP contribution is -2.32. The summed E-state index contributed by atoms with van der Waals surface area (Å²) in [6.07, 6.45) is 0.290. The molecule has 0 aliphatic carbocycles. The second-order valence-electron chi connectivity index (χ2n) is 5.27. The van der Waals surface area contributed by atoms with Gasteiger partial charge in [-0.05, 0) is 13.8 Å². The van der Waals surface area contributed by atoms with Crippen LogP contribution in [0, 0.1) is 19.8 Å². The number of fused-ring (bicyclic) bond motifs is 1. The molecule has 1 aromatic heterocycles. The Morgan fingerprint density at radius 2 is 2.22 bits per heavy atom. The molecule has 100 valence electrons. The number of aryl methyl sites for hydroxylation is 2. The van der Waals surface area contributed by atoms with Crippen LogP contribution in [0.5, 0.6) is 0 Å². The topological polar surface area (TPSA) is 47.7 Å². The zero-order chi connectivity index (χ0) is 12.7. The van der Waals surface area contributed by atoms with E-state index < -0.39 is 0 Å². The van der Waals surface area contributed by atoms with Crippen LogP contribution in [0.1, 0.15) is 17.0 Å². The average Bonchev–Trinajstić information content (AvgIpc) is 3.01. The molecule has 1 aromatic rings. The van der Waals surface area contributed by atoms with E-state index in [1.54, 1.807) is 7.11 Å². The predicted molar refractivity (Wildman–Crippen MR) is 65.3 cm³/mol. The Balaban J connectivity index is 1.77. The van der Waals surface area contributed by atoms with Crippen LogP contribution in [-0.2, 0) is 16.0 Å². The highest BCUT2D eigenvalue weighted by atomic mass is 16.5. The largest absolute Gasteiger partial charge is 0.380 e. The van der Waals surface area contributed by atoms with Crippen molar-refractivity contribution >= 4 is 0 Å². The van der Waals surface area contributed by atoms with Gasteiger partial charge in [0.05, 0.1) is 25.0 Å². The Hall–Kier alpha value is -0.910. The van der Waals surface area contributed by atoms with Gasteiger partial charge < -0.3 is 14.0 Å². The number of likely N-dealkylation sites (tertiary alicyclic amines) is 1. The molecule has 0 unspecified atom stereocenters. The van der Waals surface area contributed by atoms with Crippen molar-refractivity contribution in [1.29, 1.82) is 0 Å². The fourth-order valence-electron chi connectivity index (χ4n) is 3.15. The molecule has 5 heteroatoms. The zero-order valence-corrected chi connectivity index (χ0v) is 11.2. The Bertz CT molecular complexity index is 412. The van der Waals surface area contributed by atoms with Crippen molar-refractivity contribution in [3.63, 3.8) is 0 Å². The molecule has 3 atom stereocenters. The Labute approximate surface area is 107 Å². The van der Waals surface area contributed by atoms with Crippen LogP contribution in [0.15, 0.2) is 4.52 Å². The first kappa shape index (κ1) is 12.1. The summed E-state index contributed by atoms with van der Waals surface area (Å²) in [5.74, 6) is 1.43. The van der Waals surface area contributed by atoms with Gasteiger partial charge in [-0.3, -0.25) is 4.90 Å². The molecule has 0 amide bonds. The maximum atomic E-state index is 5.59. The van der Waals surface area contributed by atoms with Gasteiger partial charge in [-0.1, -0.05) is 5.16 Å². The lowest BCUT2D eigenvalue weighted by molar-refractivity contribution is 0.0532. The molecule has 2 aliphatic rings. The minimum atomic E-state index is 0.290. The van der Waals surface area contributed by atoms with Crippen molar-refractivity contribution < 1.29 is 14.0 Å². The third kappa shape index (κ3) is 1.86. The number of nitrogens with zero attached hydrogens (tertiary/aromatic N) is 2. The van der Waals surface area contributed by atoms with Crippen molar-refractivity contribution in [3.8, 4) is 0 Å². The van der Waals surface area contributed by atoms with Gasteiger partial charge in [0.2, 0.25) is 0 Å². The molecule has 0 N–H and O–H groups in total. The van der Waals surface area contributed by atoms with Crippen molar-refractivity contribution in [3.05, 3.63) is 17.0 Å². The van der Waals surface area contributed by atoms with Crippen LogP contribution in [0.3, 0.4) is 0 Å². The molecular formula is C13H20N2O3. The molecule has 18 heavy (non-hydrogen) atoms. The second-order valence-corrected chi connectivity index (χ2v) is 5.27. The normalized spacial score (nSPS) is 32.1. The summed E-state index contributed by atoms with van der Waals surface area (Å²) in [5, 5.41) is 4.02. The van der Waals surface area contributed by atoms with E-state index in [1.165, 1.54) is 5.56 Å². The Morgan fingerprint density at radius 3 is 2.89 bits per heavy atom. The van der Waals surface area contributed by atoms with Crippen LogP contribution in [-0.4, -0.2) is 49.1 Å². The molecule has 0 saturated carbocycles. The molecule has 5 nitrogen and oxygen atoms in total. The van der Waals surface area contributed by atoms with Gasteiger partial charge in [-0.15, -0.1) is 0 Å². The number of ether oxygens (including phenoxy) is 2. The Morgan fingerprint density at radius 1 is 1.39 bits per heavy atom. The summed E-state index contributed by atoms with van der Waals surface area (Å²) in [7, 11) is 1.79. The third-order valence-corrected chi connectivity index (χ3v) is 4.30. The molecule has 3 rings (SSSR count). The molecule has 0 aromatic carbocycles.